The Kier molecular flexibility index (Phi) is 4.58. The zero-order chi connectivity index (χ0) is 16.4. The SMILES string of the molecule is CC[C@@H](c1ccccc1)c1nn2c(CN3CCCCC3)nnc2s1. The van der Waals surface area contributed by atoms with Gasteiger partial charge in [0, 0.05) is 5.92 Å². The van der Waals surface area contributed by atoms with E-state index >= 15 is 0 Å². The van der Waals surface area contributed by atoms with Crippen LogP contribution in [0.3, 0.4) is 0 Å². The summed E-state index contributed by atoms with van der Waals surface area (Å²) in [5.74, 6) is 1.30. The predicted octanol–water partition coefficient (Wildman–Crippen LogP) is 3.71. The Balaban J connectivity index is 1.61. The Morgan fingerprint density at radius 3 is 2.62 bits per heavy atom. The zero-order valence-electron chi connectivity index (χ0n) is 14.1. The van der Waals surface area contributed by atoms with Crippen molar-refractivity contribution in [3.63, 3.8) is 0 Å². The molecule has 0 aliphatic carbocycles. The molecule has 1 aromatic carbocycles. The summed E-state index contributed by atoms with van der Waals surface area (Å²) >= 11 is 1.67. The van der Waals surface area contributed by atoms with Crippen LogP contribution in [0.4, 0.5) is 0 Å². The van der Waals surface area contributed by atoms with Gasteiger partial charge in [0.25, 0.3) is 0 Å². The summed E-state index contributed by atoms with van der Waals surface area (Å²) in [5, 5.41) is 14.7. The molecule has 126 valence electrons. The topological polar surface area (TPSA) is 46.3 Å². The highest BCUT2D eigenvalue weighted by Crippen LogP contribution is 2.31. The first-order valence-electron chi connectivity index (χ1n) is 8.83. The summed E-state index contributed by atoms with van der Waals surface area (Å²) < 4.78 is 1.96. The van der Waals surface area contributed by atoms with Gasteiger partial charge in [-0.1, -0.05) is 55.0 Å². The van der Waals surface area contributed by atoms with E-state index in [1.165, 1.54) is 24.8 Å². The van der Waals surface area contributed by atoms with Gasteiger partial charge in [0.05, 0.1) is 6.54 Å². The third-order valence-electron chi connectivity index (χ3n) is 4.79. The number of hydrogen-bond donors (Lipinski definition) is 0. The minimum Gasteiger partial charge on any atom is -0.296 e. The van der Waals surface area contributed by atoms with E-state index in [-0.39, 0.29) is 0 Å². The van der Waals surface area contributed by atoms with Crippen LogP contribution >= 0.6 is 11.3 Å². The smallest absolute Gasteiger partial charge is 0.234 e. The number of aromatic nitrogens is 4. The van der Waals surface area contributed by atoms with Crippen LogP contribution < -0.4 is 0 Å². The van der Waals surface area contributed by atoms with Gasteiger partial charge in [0.1, 0.15) is 5.01 Å². The Hall–Kier alpha value is -1.79. The number of likely N-dealkylation sites (tertiary alicyclic amines) is 1. The van der Waals surface area contributed by atoms with Crippen molar-refractivity contribution in [2.45, 2.75) is 45.1 Å². The molecule has 24 heavy (non-hydrogen) atoms. The third-order valence-corrected chi connectivity index (χ3v) is 5.81. The molecule has 0 spiro atoms. The molecule has 0 unspecified atom stereocenters. The van der Waals surface area contributed by atoms with E-state index in [1.807, 2.05) is 4.52 Å². The van der Waals surface area contributed by atoms with Gasteiger partial charge in [-0.3, -0.25) is 4.90 Å². The molecule has 0 radical (unpaired) electrons. The molecule has 1 saturated heterocycles. The fourth-order valence-corrected chi connectivity index (χ4v) is 4.54. The zero-order valence-corrected chi connectivity index (χ0v) is 14.9. The van der Waals surface area contributed by atoms with Gasteiger partial charge in [-0.25, -0.2) is 0 Å². The largest absolute Gasteiger partial charge is 0.296 e. The summed E-state index contributed by atoms with van der Waals surface area (Å²) in [4.78, 5) is 3.37. The molecule has 0 N–H and O–H groups in total. The van der Waals surface area contributed by atoms with E-state index in [2.05, 4.69) is 52.4 Å². The van der Waals surface area contributed by atoms with E-state index in [4.69, 9.17) is 5.10 Å². The molecule has 0 bridgehead atoms. The van der Waals surface area contributed by atoms with Gasteiger partial charge < -0.3 is 0 Å². The average Bonchev–Trinajstić information content (AvgIpc) is 3.20. The third kappa shape index (κ3) is 3.08. The molecule has 5 nitrogen and oxygen atoms in total. The van der Waals surface area contributed by atoms with Crippen LogP contribution in [0.1, 0.15) is 54.9 Å². The summed E-state index contributed by atoms with van der Waals surface area (Å²) in [6.07, 6.45) is 4.96. The molecule has 3 aromatic rings. The Labute approximate surface area is 146 Å². The van der Waals surface area contributed by atoms with Crippen molar-refractivity contribution in [2.75, 3.05) is 13.1 Å². The summed E-state index contributed by atoms with van der Waals surface area (Å²) in [5.41, 5.74) is 1.32. The lowest BCUT2D eigenvalue weighted by Gasteiger charge is -2.25. The Morgan fingerprint density at radius 2 is 1.88 bits per heavy atom. The summed E-state index contributed by atoms with van der Waals surface area (Å²) in [7, 11) is 0. The first kappa shape index (κ1) is 15.7. The quantitative estimate of drug-likeness (QED) is 0.710. The number of piperidine rings is 1. The molecule has 2 aromatic heterocycles. The Bertz CT molecular complexity index is 788. The molecule has 4 rings (SSSR count). The molecule has 0 saturated carbocycles. The molecule has 0 amide bonds. The van der Waals surface area contributed by atoms with Crippen LogP contribution in [0, 0.1) is 0 Å². The first-order valence-corrected chi connectivity index (χ1v) is 9.65. The van der Waals surface area contributed by atoms with Crippen molar-refractivity contribution in [2.24, 2.45) is 0 Å². The highest BCUT2D eigenvalue weighted by molar-refractivity contribution is 7.16. The van der Waals surface area contributed by atoms with Crippen LogP contribution in [0.25, 0.3) is 4.96 Å². The number of hydrogen-bond acceptors (Lipinski definition) is 5. The molecule has 6 heteroatoms. The van der Waals surface area contributed by atoms with Crippen molar-refractivity contribution < 1.29 is 0 Å². The second kappa shape index (κ2) is 6.99. The maximum atomic E-state index is 4.87. The van der Waals surface area contributed by atoms with Crippen LogP contribution in [0.5, 0.6) is 0 Å². The number of nitrogens with zero attached hydrogens (tertiary/aromatic N) is 5. The Morgan fingerprint density at radius 1 is 1.08 bits per heavy atom. The average molecular weight is 341 g/mol. The van der Waals surface area contributed by atoms with Crippen molar-refractivity contribution >= 4 is 16.3 Å². The minimum atomic E-state index is 0.334. The monoisotopic (exact) mass is 341 g/mol. The van der Waals surface area contributed by atoms with Gasteiger partial charge in [0.2, 0.25) is 4.96 Å². The van der Waals surface area contributed by atoms with Crippen molar-refractivity contribution in [3.05, 3.63) is 46.7 Å². The number of rotatable bonds is 5. The van der Waals surface area contributed by atoms with Crippen molar-refractivity contribution in [1.29, 1.82) is 0 Å². The van der Waals surface area contributed by atoms with E-state index in [0.29, 0.717) is 5.92 Å². The second-order valence-corrected chi connectivity index (χ2v) is 7.45. The lowest BCUT2D eigenvalue weighted by molar-refractivity contribution is 0.214. The molecule has 3 heterocycles. The predicted molar refractivity (Wildman–Crippen MR) is 96.4 cm³/mol. The van der Waals surface area contributed by atoms with Gasteiger partial charge in [-0.05, 0) is 37.9 Å². The maximum absolute atomic E-state index is 4.87. The fourth-order valence-electron chi connectivity index (χ4n) is 3.47. The summed E-state index contributed by atoms with van der Waals surface area (Å²) in [6, 6.07) is 10.6. The van der Waals surface area contributed by atoms with E-state index in [0.717, 1.165) is 41.8 Å². The lowest BCUT2D eigenvalue weighted by atomic mass is 9.97. The van der Waals surface area contributed by atoms with Crippen LogP contribution in [-0.4, -0.2) is 37.8 Å². The number of benzene rings is 1. The summed E-state index contributed by atoms with van der Waals surface area (Å²) in [6.45, 7) is 5.39. The van der Waals surface area contributed by atoms with Gasteiger partial charge in [-0.15, -0.1) is 10.2 Å². The lowest BCUT2D eigenvalue weighted by Crippen LogP contribution is -2.30. The van der Waals surface area contributed by atoms with Crippen molar-refractivity contribution in [1.82, 2.24) is 24.7 Å². The molecular formula is C18H23N5S. The van der Waals surface area contributed by atoms with Gasteiger partial charge in [-0.2, -0.15) is 9.61 Å². The molecule has 1 aliphatic rings. The van der Waals surface area contributed by atoms with E-state index < -0.39 is 0 Å². The van der Waals surface area contributed by atoms with E-state index in [1.54, 1.807) is 11.3 Å². The highest BCUT2D eigenvalue weighted by Gasteiger charge is 2.21. The fraction of sp³-hybridized carbons (Fsp3) is 0.500. The maximum Gasteiger partial charge on any atom is 0.234 e. The van der Waals surface area contributed by atoms with E-state index in [9.17, 15) is 0 Å². The molecule has 1 aliphatic heterocycles. The van der Waals surface area contributed by atoms with Crippen LogP contribution in [0.2, 0.25) is 0 Å². The van der Waals surface area contributed by atoms with Gasteiger partial charge >= 0.3 is 0 Å². The normalized spacial score (nSPS) is 17.4. The molecule has 1 fully saturated rings. The molecular weight excluding hydrogens is 318 g/mol. The second-order valence-electron chi connectivity index (χ2n) is 6.46. The standard InChI is InChI=1S/C18H23N5S/c1-2-15(14-9-5-3-6-10-14)17-21-23-16(19-20-18(23)24-17)13-22-11-7-4-8-12-22/h3,5-6,9-10,15H,2,4,7-8,11-13H2,1H3/t15-/m0/s1. The first-order chi connectivity index (χ1) is 11.8. The highest BCUT2D eigenvalue weighted by atomic mass is 32.1. The van der Waals surface area contributed by atoms with Crippen LogP contribution in [-0.2, 0) is 6.54 Å². The number of fused-ring (bicyclic) bond motifs is 1. The van der Waals surface area contributed by atoms with Crippen molar-refractivity contribution in [3.8, 4) is 0 Å². The molecule has 1 atom stereocenters. The van der Waals surface area contributed by atoms with Gasteiger partial charge in [0.15, 0.2) is 5.82 Å². The minimum absolute atomic E-state index is 0.334. The van der Waals surface area contributed by atoms with Crippen LogP contribution in [0.15, 0.2) is 30.3 Å².